The molecule has 1 aromatic rings. The van der Waals surface area contributed by atoms with Crippen molar-refractivity contribution < 1.29 is 9.90 Å². The van der Waals surface area contributed by atoms with E-state index in [0.29, 0.717) is 12.6 Å². The molecular formula is C11H14N2O2. The van der Waals surface area contributed by atoms with Crippen molar-refractivity contribution in [1.82, 2.24) is 10.3 Å². The molecule has 1 aromatic heterocycles. The van der Waals surface area contributed by atoms with Crippen LogP contribution in [0.25, 0.3) is 0 Å². The van der Waals surface area contributed by atoms with Gasteiger partial charge in [-0.15, -0.1) is 0 Å². The Hall–Kier alpha value is -1.42. The van der Waals surface area contributed by atoms with Crippen LogP contribution in [0.2, 0.25) is 0 Å². The molecule has 4 heteroatoms. The molecule has 4 nitrogen and oxygen atoms in total. The van der Waals surface area contributed by atoms with Gasteiger partial charge in [0.05, 0.1) is 5.69 Å². The molecule has 0 spiro atoms. The molecule has 2 unspecified atom stereocenters. The molecule has 1 aliphatic carbocycles. The SMILES string of the molecule is CC1CC1NCc1cccc(C(=O)O)n1. The van der Waals surface area contributed by atoms with Crippen LogP contribution < -0.4 is 5.32 Å². The standard InChI is InChI=1S/C11H14N2O2/c1-7-5-10(7)12-6-8-3-2-4-9(13-8)11(14)15/h2-4,7,10,12H,5-6H2,1H3,(H,14,15). The molecule has 2 atom stereocenters. The van der Waals surface area contributed by atoms with Gasteiger partial charge in [-0.25, -0.2) is 9.78 Å². The summed E-state index contributed by atoms with van der Waals surface area (Å²) in [5.41, 5.74) is 0.896. The predicted octanol–water partition coefficient (Wildman–Crippen LogP) is 1.28. The summed E-state index contributed by atoms with van der Waals surface area (Å²) in [6, 6.07) is 5.65. The third-order valence-electron chi connectivity index (χ3n) is 2.68. The van der Waals surface area contributed by atoms with Gasteiger partial charge in [0.15, 0.2) is 0 Å². The zero-order valence-electron chi connectivity index (χ0n) is 8.60. The Balaban J connectivity index is 1.95. The van der Waals surface area contributed by atoms with Crippen molar-refractivity contribution >= 4 is 5.97 Å². The number of aromatic carboxylic acids is 1. The molecule has 80 valence electrons. The molecule has 0 amide bonds. The zero-order chi connectivity index (χ0) is 10.8. The Morgan fingerprint density at radius 2 is 2.40 bits per heavy atom. The van der Waals surface area contributed by atoms with Crippen LogP contribution >= 0.6 is 0 Å². The Labute approximate surface area is 88.3 Å². The fourth-order valence-corrected chi connectivity index (χ4v) is 1.54. The number of carboxylic acids is 1. The molecule has 15 heavy (non-hydrogen) atoms. The fourth-order valence-electron chi connectivity index (χ4n) is 1.54. The zero-order valence-corrected chi connectivity index (χ0v) is 8.60. The minimum atomic E-state index is -0.975. The summed E-state index contributed by atoms with van der Waals surface area (Å²) in [4.78, 5) is 14.7. The van der Waals surface area contributed by atoms with Gasteiger partial charge in [0, 0.05) is 12.6 Å². The van der Waals surface area contributed by atoms with Crippen LogP contribution in [0.5, 0.6) is 0 Å². The lowest BCUT2D eigenvalue weighted by Gasteiger charge is -2.03. The number of carbonyl (C=O) groups is 1. The molecule has 1 fully saturated rings. The molecule has 1 aliphatic rings. The van der Waals surface area contributed by atoms with Crippen molar-refractivity contribution in [2.75, 3.05) is 0 Å². The maximum absolute atomic E-state index is 10.7. The van der Waals surface area contributed by atoms with Gasteiger partial charge in [0.25, 0.3) is 0 Å². The van der Waals surface area contributed by atoms with Gasteiger partial charge >= 0.3 is 5.97 Å². The Bertz CT molecular complexity index is 379. The molecule has 1 saturated carbocycles. The van der Waals surface area contributed by atoms with E-state index in [-0.39, 0.29) is 5.69 Å². The van der Waals surface area contributed by atoms with Gasteiger partial charge < -0.3 is 10.4 Å². The van der Waals surface area contributed by atoms with Gasteiger partial charge in [-0.05, 0) is 24.5 Å². The van der Waals surface area contributed by atoms with Gasteiger partial charge in [0.1, 0.15) is 5.69 Å². The van der Waals surface area contributed by atoms with Crippen LogP contribution in [-0.4, -0.2) is 22.1 Å². The Morgan fingerprint density at radius 3 is 3.00 bits per heavy atom. The van der Waals surface area contributed by atoms with E-state index in [2.05, 4.69) is 17.2 Å². The molecule has 2 rings (SSSR count). The second-order valence-corrected chi connectivity index (χ2v) is 4.02. The van der Waals surface area contributed by atoms with Crippen LogP contribution in [0.1, 0.15) is 29.5 Å². The maximum Gasteiger partial charge on any atom is 0.354 e. The number of nitrogens with one attached hydrogen (secondary N) is 1. The van der Waals surface area contributed by atoms with E-state index in [1.807, 2.05) is 6.07 Å². The van der Waals surface area contributed by atoms with E-state index in [4.69, 9.17) is 5.11 Å². The van der Waals surface area contributed by atoms with Crippen molar-refractivity contribution in [2.45, 2.75) is 25.9 Å². The monoisotopic (exact) mass is 206 g/mol. The quantitative estimate of drug-likeness (QED) is 0.779. The number of pyridine rings is 1. The first-order chi connectivity index (χ1) is 7.16. The second kappa shape index (κ2) is 3.98. The van der Waals surface area contributed by atoms with Gasteiger partial charge in [-0.3, -0.25) is 0 Å². The summed E-state index contributed by atoms with van der Waals surface area (Å²) in [7, 11) is 0. The molecule has 1 heterocycles. The third kappa shape index (κ3) is 2.53. The number of nitrogens with zero attached hydrogens (tertiary/aromatic N) is 1. The average Bonchev–Trinajstić information content (AvgIpc) is 2.92. The Morgan fingerprint density at radius 1 is 1.67 bits per heavy atom. The molecule has 0 bridgehead atoms. The van der Waals surface area contributed by atoms with Crippen LogP contribution in [0.15, 0.2) is 18.2 Å². The van der Waals surface area contributed by atoms with Crippen molar-refractivity contribution in [3.05, 3.63) is 29.6 Å². The first-order valence-electron chi connectivity index (χ1n) is 5.09. The smallest absolute Gasteiger partial charge is 0.354 e. The van der Waals surface area contributed by atoms with Gasteiger partial charge in [-0.2, -0.15) is 0 Å². The summed E-state index contributed by atoms with van der Waals surface area (Å²) >= 11 is 0. The minimum Gasteiger partial charge on any atom is -0.477 e. The highest BCUT2D eigenvalue weighted by atomic mass is 16.4. The third-order valence-corrected chi connectivity index (χ3v) is 2.68. The van der Waals surface area contributed by atoms with E-state index in [1.54, 1.807) is 6.07 Å². The van der Waals surface area contributed by atoms with Crippen LogP contribution in [0.4, 0.5) is 0 Å². The van der Waals surface area contributed by atoms with Crippen molar-refractivity contribution in [2.24, 2.45) is 5.92 Å². The molecule has 0 aromatic carbocycles. The number of rotatable bonds is 4. The first-order valence-corrected chi connectivity index (χ1v) is 5.09. The van der Waals surface area contributed by atoms with Crippen molar-refractivity contribution in [1.29, 1.82) is 0 Å². The maximum atomic E-state index is 10.7. The van der Waals surface area contributed by atoms with E-state index < -0.39 is 5.97 Å². The molecule has 2 N–H and O–H groups in total. The van der Waals surface area contributed by atoms with Gasteiger partial charge in [0.2, 0.25) is 0 Å². The summed E-state index contributed by atoms with van der Waals surface area (Å²) in [6.45, 7) is 2.84. The number of hydrogen-bond donors (Lipinski definition) is 2. The minimum absolute atomic E-state index is 0.109. The highest BCUT2D eigenvalue weighted by Crippen LogP contribution is 2.29. The summed E-state index contributed by atoms with van der Waals surface area (Å²) in [6.07, 6.45) is 1.21. The van der Waals surface area contributed by atoms with Crippen molar-refractivity contribution in [3.8, 4) is 0 Å². The van der Waals surface area contributed by atoms with E-state index in [9.17, 15) is 4.79 Å². The molecular weight excluding hydrogens is 192 g/mol. The van der Waals surface area contributed by atoms with Crippen LogP contribution in [0, 0.1) is 5.92 Å². The lowest BCUT2D eigenvalue weighted by Crippen LogP contribution is -2.18. The highest BCUT2D eigenvalue weighted by Gasteiger charge is 2.31. The number of carboxylic acid groups (broad SMARTS) is 1. The van der Waals surface area contributed by atoms with Gasteiger partial charge in [-0.1, -0.05) is 13.0 Å². The normalized spacial score (nSPS) is 23.8. The summed E-state index contributed by atoms with van der Waals surface area (Å²) in [5.74, 6) is -0.232. The largest absolute Gasteiger partial charge is 0.477 e. The Kier molecular flexibility index (Phi) is 2.68. The summed E-state index contributed by atoms with van der Waals surface area (Å²) in [5, 5.41) is 12.1. The second-order valence-electron chi connectivity index (χ2n) is 4.02. The number of aromatic nitrogens is 1. The van der Waals surface area contributed by atoms with Crippen molar-refractivity contribution in [3.63, 3.8) is 0 Å². The molecule has 0 aliphatic heterocycles. The number of hydrogen-bond acceptors (Lipinski definition) is 3. The van der Waals surface area contributed by atoms with E-state index in [1.165, 1.54) is 12.5 Å². The summed E-state index contributed by atoms with van der Waals surface area (Å²) < 4.78 is 0. The lowest BCUT2D eigenvalue weighted by molar-refractivity contribution is 0.0690. The highest BCUT2D eigenvalue weighted by molar-refractivity contribution is 5.85. The lowest BCUT2D eigenvalue weighted by atomic mass is 10.3. The predicted molar refractivity (Wildman–Crippen MR) is 55.6 cm³/mol. The van der Waals surface area contributed by atoms with Crippen LogP contribution in [0.3, 0.4) is 0 Å². The fraction of sp³-hybridized carbons (Fsp3) is 0.455. The molecule has 0 radical (unpaired) electrons. The average molecular weight is 206 g/mol. The van der Waals surface area contributed by atoms with E-state index in [0.717, 1.165) is 11.6 Å². The first kappa shape index (κ1) is 10.1. The van der Waals surface area contributed by atoms with E-state index >= 15 is 0 Å². The van der Waals surface area contributed by atoms with Crippen LogP contribution in [-0.2, 0) is 6.54 Å². The molecule has 0 saturated heterocycles. The topological polar surface area (TPSA) is 62.2 Å².